The minimum Gasteiger partial charge on any atom is -0.494 e. The second-order valence-corrected chi connectivity index (χ2v) is 7.24. The molecule has 2 atom stereocenters. The highest BCUT2D eigenvalue weighted by molar-refractivity contribution is 5.90. The largest absolute Gasteiger partial charge is 0.494 e. The maximum absolute atomic E-state index is 12.3. The lowest BCUT2D eigenvalue weighted by molar-refractivity contribution is -0.127. The lowest BCUT2D eigenvalue weighted by Crippen LogP contribution is -2.42. The van der Waals surface area contributed by atoms with Gasteiger partial charge in [-0.25, -0.2) is 0 Å². The average Bonchev–Trinajstić information content (AvgIpc) is 2.33. The molecule has 0 fully saturated rings. The van der Waals surface area contributed by atoms with Gasteiger partial charge >= 0.3 is 0 Å². The summed E-state index contributed by atoms with van der Waals surface area (Å²) in [6.07, 6.45) is 7.05. The number of ketones is 1. The third-order valence-electron chi connectivity index (χ3n) is 5.50. The fourth-order valence-electron chi connectivity index (χ4n) is 3.69. The molecule has 3 aliphatic rings. The van der Waals surface area contributed by atoms with Gasteiger partial charge in [-0.1, -0.05) is 19.9 Å². The van der Waals surface area contributed by atoms with E-state index < -0.39 is 0 Å². The van der Waals surface area contributed by atoms with Crippen molar-refractivity contribution in [3.8, 4) is 0 Å². The van der Waals surface area contributed by atoms with E-state index in [1.807, 2.05) is 0 Å². The van der Waals surface area contributed by atoms with E-state index in [0.29, 0.717) is 12.2 Å². The van der Waals surface area contributed by atoms with Crippen molar-refractivity contribution in [2.45, 2.75) is 65.9 Å². The molecule has 0 N–H and O–H groups in total. The number of hydrogen-bond acceptors (Lipinski definition) is 2. The smallest absolute Gasteiger partial charge is 0.143 e. The van der Waals surface area contributed by atoms with Crippen LogP contribution in [-0.4, -0.2) is 11.9 Å². The van der Waals surface area contributed by atoms with E-state index in [4.69, 9.17) is 4.74 Å². The molecule has 0 aromatic rings. The summed E-state index contributed by atoms with van der Waals surface area (Å²) < 4.78 is 6.16. The summed E-state index contributed by atoms with van der Waals surface area (Å²) >= 11 is 0. The van der Waals surface area contributed by atoms with E-state index in [1.165, 1.54) is 11.1 Å². The number of rotatable bonds is 0. The van der Waals surface area contributed by atoms with Crippen LogP contribution in [0.4, 0.5) is 0 Å². The Kier molecular flexibility index (Phi) is 2.71. The molecule has 0 saturated carbocycles. The monoisotopic (exact) mass is 260 g/mol. The van der Waals surface area contributed by atoms with Crippen molar-refractivity contribution in [1.29, 1.82) is 0 Å². The van der Waals surface area contributed by atoms with Gasteiger partial charge in [0.15, 0.2) is 0 Å². The van der Waals surface area contributed by atoms with Crippen LogP contribution in [0.25, 0.3) is 0 Å². The van der Waals surface area contributed by atoms with Crippen molar-refractivity contribution in [2.75, 3.05) is 0 Å². The predicted octanol–water partition coefficient (Wildman–Crippen LogP) is 4.16. The second-order valence-electron chi connectivity index (χ2n) is 7.24. The summed E-state index contributed by atoms with van der Waals surface area (Å²) in [4.78, 5) is 12.3. The Hall–Kier alpha value is -1.05. The van der Waals surface area contributed by atoms with Crippen molar-refractivity contribution >= 4 is 5.78 Å². The van der Waals surface area contributed by atoms with Crippen molar-refractivity contribution in [2.24, 2.45) is 10.8 Å². The quantitative estimate of drug-likeness (QED) is 0.653. The molecule has 2 heteroatoms. The molecule has 19 heavy (non-hydrogen) atoms. The van der Waals surface area contributed by atoms with Gasteiger partial charge in [-0.2, -0.15) is 0 Å². The summed E-state index contributed by atoms with van der Waals surface area (Å²) in [6.45, 7) is 8.82. The van der Waals surface area contributed by atoms with Crippen LogP contribution < -0.4 is 0 Å². The first-order valence-electron chi connectivity index (χ1n) is 7.47. The molecule has 0 spiro atoms. The van der Waals surface area contributed by atoms with Crippen LogP contribution in [0.5, 0.6) is 0 Å². The van der Waals surface area contributed by atoms with Crippen molar-refractivity contribution in [1.82, 2.24) is 0 Å². The lowest BCUT2D eigenvalue weighted by atomic mass is 9.61. The molecule has 0 amide bonds. The third-order valence-corrected chi connectivity index (χ3v) is 5.50. The summed E-state index contributed by atoms with van der Waals surface area (Å²) in [5.74, 6) is 1.58. The molecular weight excluding hydrogens is 236 g/mol. The molecule has 0 bridgehead atoms. The molecule has 3 rings (SSSR count). The van der Waals surface area contributed by atoms with E-state index in [1.54, 1.807) is 0 Å². The molecule has 1 aliphatic heterocycles. The van der Waals surface area contributed by atoms with Gasteiger partial charge in [0.05, 0.1) is 11.2 Å². The highest BCUT2D eigenvalue weighted by Crippen LogP contribution is 2.53. The zero-order valence-electron chi connectivity index (χ0n) is 12.5. The van der Waals surface area contributed by atoms with E-state index in [0.717, 1.165) is 31.4 Å². The van der Waals surface area contributed by atoms with E-state index in [2.05, 4.69) is 33.8 Å². The van der Waals surface area contributed by atoms with Crippen LogP contribution >= 0.6 is 0 Å². The number of ether oxygens (including phenoxy) is 1. The van der Waals surface area contributed by atoms with Crippen LogP contribution in [0.1, 0.15) is 59.8 Å². The number of carbonyl (C=O) groups excluding carboxylic acids is 1. The SMILES string of the molecule is CC1OC2=C(CC1(C)C)C1=CCCC(=O)C1(C)CC2. The Balaban J connectivity index is 2.07. The molecule has 0 saturated heterocycles. The van der Waals surface area contributed by atoms with Crippen LogP contribution in [0, 0.1) is 10.8 Å². The second kappa shape index (κ2) is 3.97. The number of hydrogen-bond donors (Lipinski definition) is 0. The Morgan fingerprint density at radius 1 is 1.26 bits per heavy atom. The third kappa shape index (κ3) is 1.79. The van der Waals surface area contributed by atoms with Crippen molar-refractivity contribution in [3.63, 3.8) is 0 Å². The highest BCUT2D eigenvalue weighted by Gasteiger charge is 2.47. The highest BCUT2D eigenvalue weighted by atomic mass is 16.5. The first-order chi connectivity index (χ1) is 8.84. The Labute approximate surface area is 115 Å². The standard InChI is InChI=1S/C17H24O2/c1-11-16(2,3)10-12-13-6-5-7-15(18)17(13,4)9-8-14(12)19-11/h6,11H,5,7-10H2,1-4H3. The molecule has 104 valence electrons. The molecule has 0 aromatic heterocycles. The molecule has 0 aromatic carbocycles. The van der Waals surface area contributed by atoms with Gasteiger partial charge in [0.25, 0.3) is 0 Å². The number of fused-ring (bicyclic) bond motifs is 2. The zero-order valence-corrected chi connectivity index (χ0v) is 12.5. The fourth-order valence-corrected chi connectivity index (χ4v) is 3.69. The molecular formula is C17H24O2. The van der Waals surface area contributed by atoms with Crippen LogP contribution in [0.2, 0.25) is 0 Å². The van der Waals surface area contributed by atoms with Crippen molar-refractivity contribution in [3.05, 3.63) is 23.0 Å². The van der Waals surface area contributed by atoms with Gasteiger partial charge < -0.3 is 4.74 Å². The number of allylic oxidation sites excluding steroid dienone is 4. The van der Waals surface area contributed by atoms with E-state index in [-0.39, 0.29) is 16.9 Å². The molecule has 0 radical (unpaired) electrons. The summed E-state index contributed by atoms with van der Waals surface area (Å²) in [5, 5.41) is 0. The Morgan fingerprint density at radius 3 is 2.74 bits per heavy atom. The Morgan fingerprint density at radius 2 is 2.00 bits per heavy atom. The minimum atomic E-state index is -0.239. The van der Waals surface area contributed by atoms with Gasteiger partial charge in [0, 0.05) is 18.3 Å². The van der Waals surface area contributed by atoms with Crippen LogP contribution in [0.15, 0.2) is 23.0 Å². The lowest BCUT2D eigenvalue weighted by Gasteiger charge is -2.47. The van der Waals surface area contributed by atoms with Gasteiger partial charge in [-0.05, 0) is 44.3 Å². The van der Waals surface area contributed by atoms with E-state index >= 15 is 0 Å². The van der Waals surface area contributed by atoms with Gasteiger partial charge in [-0.15, -0.1) is 0 Å². The number of Topliss-reactive ketones (excluding diaryl/α,β-unsaturated/α-hetero) is 1. The maximum Gasteiger partial charge on any atom is 0.143 e. The van der Waals surface area contributed by atoms with Crippen molar-refractivity contribution < 1.29 is 9.53 Å². The van der Waals surface area contributed by atoms with E-state index in [9.17, 15) is 4.79 Å². The average molecular weight is 260 g/mol. The molecule has 2 nitrogen and oxygen atoms in total. The normalized spacial score (nSPS) is 37.2. The summed E-state index contributed by atoms with van der Waals surface area (Å²) in [6, 6.07) is 0. The van der Waals surface area contributed by atoms with Gasteiger partial charge in [0.1, 0.15) is 11.9 Å². The van der Waals surface area contributed by atoms with Crippen LogP contribution in [0.3, 0.4) is 0 Å². The first kappa shape index (κ1) is 13.0. The topological polar surface area (TPSA) is 26.3 Å². The molecule has 1 heterocycles. The fraction of sp³-hybridized carbons (Fsp3) is 0.706. The Bertz CT molecular complexity index is 495. The zero-order chi connectivity index (χ0) is 13.8. The van der Waals surface area contributed by atoms with Gasteiger partial charge in [0.2, 0.25) is 0 Å². The molecule has 2 unspecified atom stereocenters. The number of carbonyl (C=O) groups is 1. The van der Waals surface area contributed by atoms with Gasteiger partial charge in [-0.3, -0.25) is 4.79 Å². The first-order valence-corrected chi connectivity index (χ1v) is 7.47. The minimum absolute atomic E-state index is 0.151. The maximum atomic E-state index is 12.3. The summed E-state index contributed by atoms with van der Waals surface area (Å²) in [5.41, 5.74) is 2.53. The predicted molar refractivity (Wildman–Crippen MR) is 75.6 cm³/mol. The summed E-state index contributed by atoms with van der Waals surface area (Å²) in [7, 11) is 0. The van der Waals surface area contributed by atoms with Crippen LogP contribution in [-0.2, 0) is 9.53 Å². The molecule has 2 aliphatic carbocycles.